The van der Waals surface area contributed by atoms with Crippen LogP contribution in [0.1, 0.15) is 0 Å². The molecule has 2 aromatic carbocycles. The van der Waals surface area contributed by atoms with E-state index in [0.29, 0.717) is 66.0 Å². The first kappa shape index (κ1) is 24.5. The molecule has 0 saturated carbocycles. The van der Waals surface area contributed by atoms with Crippen molar-refractivity contribution in [3.63, 3.8) is 0 Å². The van der Waals surface area contributed by atoms with E-state index in [2.05, 4.69) is 10.2 Å². The van der Waals surface area contributed by atoms with Gasteiger partial charge in [0, 0.05) is 12.1 Å². The standard InChI is InChI=1S/C25H17Cl4N5O2/c1-35-22-12-20(31-33(22)24-14(26)6-3-7-15(24)27)18-10-5-11-19(30-18)21-13-23(36-2)34(32-21)25-16(28)8-4-9-17(25)29/h3-13H,1-2H3. The lowest BCUT2D eigenvalue weighted by Gasteiger charge is -2.09. The Morgan fingerprint density at radius 2 is 0.917 bits per heavy atom. The Labute approximate surface area is 226 Å². The van der Waals surface area contributed by atoms with Gasteiger partial charge in [0.15, 0.2) is 0 Å². The molecule has 0 unspecified atom stereocenters. The minimum absolute atomic E-state index is 0.438. The molecule has 0 atom stereocenters. The van der Waals surface area contributed by atoms with E-state index in [1.54, 1.807) is 72.1 Å². The minimum atomic E-state index is 0.438. The number of pyridine rings is 1. The number of benzene rings is 2. The molecule has 0 fully saturated rings. The van der Waals surface area contributed by atoms with Gasteiger partial charge in [0.05, 0.1) is 45.7 Å². The number of rotatable bonds is 6. The van der Waals surface area contributed by atoms with Crippen molar-refractivity contribution in [2.45, 2.75) is 0 Å². The molecule has 0 aliphatic carbocycles. The maximum Gasteiger partial charge on any atom is 0.217 e. The summed E-state index contributed by atoms with van der Waals surface area (Å²) >= 11 is 25.6. The fourth-order valence-corrected chi connectivity index (χ4v) is 4.81. The third kappa shape index (κ3) is 4.40. The highest BCUT2D eigenvalue weighted by molar-refractivity contribution is 6.38. The van der Waals surface area contributed by atoms with Gasteiger partial charge in [-0.3, -0.25) is 0 Å². The van der Waals surface area contributed by atoms with Crippen LogP contribution in [-0.4, -0.2) is 38.8 Å². The van der Waals surface area contributed by atoms with Crippen molar-refractivity contribution in [1.29, 1.82) is 0 Å². The van der Waals surface area contributed by atoms with Crippen LogP contribution in [0.2, 0.25) is 20.1 Å². The smallest absolute Gasteiger partial charge is 0.217 e. The van der Waals surface area contributed by atoms with Crippen LogP contribution in [0.25, 0.3) is 34.2 Å². The second kappa shape index (κ2) is 10.0. The molecule has 5 aromatic rings. The average Bonchev–Trinajstić information content (AvgIpc) is 3.49. The van der Waals surface area contributed by atoms with E-state index in [1.165, 1.54) is 0 Å². The van der Waals surface area contributed by atoms with Crippen LogP contribution in [0.4, 0.5) is 0 Å². The number of ether oxygens (including phenoxy) is 2. The zero-order valence-corrected chi connectivity index (χ0v) is 21.9. The highest BCUT2D eigenvalue weighted by atomic mass is 35.5. The third-order valence-electron chi connectivity index (χ3n) is 5.34. The molecule has 0 aliphatic heterocycles. The molecule has 0 saturated heterocycles. The maximum absolute atomic E-state index is 6.40. The first-order valence-corrected chi connectivity index (χ1v) is 12.1. The van der Waals surface area contributed by atoms with Crippen LogP contribution in [0.5, 0.6) is 11.8 Å². The predicted molar refractivity (Wildman–Crippen MR) is 142 cm³/mol. The molecule has 11 heteroatoms. The highest BCUT2D eigenvalue weighted by Gasteiger charge is 2.20. The number of hydrogen-bond donors (Lipinski definition) is 0. The first-order chi connectivity index (χ1) is 17.4. The van der Waals surface area contributed by atoms with E-state index in [-0.39, 0.29) is 0 Å². The van der Waals surface area contributed by atoms with Gasteiger partial charge in [-0.05, 0) is 36.4 Å². The summed E-state index contributed by atoms with van der Waals surface area (Å²) in [5, 5.41) is 11.1. The summed E-state index contributed by atoms with van der Waals surface area (Å²) < 4.78 is 14.2. The summed E-state index contributed by atoms with van der Waals surface area (Å²) in [5.41, 5.74) is 3.34. The molecule has 3 aromatic heterocycles. The molecule has 0 spiro atoms. The van der Waals surface area contributed by atoms with Gasteiger partial charge in [-0.1, -0.05) is 64.6 Å². The molecule has 5 rings (SSSR count). The van der Waals surface area contributed by atoms with Gasteiger partial charge < -0.3 is 9.47 Å². The topological polar surface area (TPSA) is 67.0 Å². The van der Waals surface area contributed by atoms with E-state index in [1.807, 2.05) is 18.2 Å². The van der Waals surface area contributed by atoms with E-state index < -0.39 is 0 Å². The normalized spacial score (nSPS) is 11.1. The fourth-order valence-electron chi connectivity index (χ4n) is 3.69. The van der Waals surface area contributed by atoms with Gasteiger partial charge in [-0.2, -0.15) is 19.6 Å². The van der Waals surface area contributed by atoms with Crippen molar-refractivity contribution in [2.24, 2.45) is 0 Å². The largest absolute Gasteiger partial charge is 0.481 e. The lowest BCUT2D eigenvalue weighted by atomic mass is 10.2. The maximum atomic E-state index is 6.40. The van der Waals surface area contributed by atoms with Crippen LogP contribution < -0.4 is 9.47 Å². The number of halogens is 4. The number of methoxy groups -OCH3 is 2. The summed E-state index contributed by atoms with van der Waals surface area (Å²) in [5.74, 6) is 0.901. The fraction of sp³-hybridized carbons (Fsp3) is 0.0800. The summed E-state index contributed by atoms with van der Waals surface area (Å²) in [4.78, 5) is 4.77. The Morgan fingerprint density at radius 3 is 1.28 bits per heavy atom. The lowest BCUT2D eigenvalue weighted by molar-refractivity contribution is 0.383. The molecule has 0 aliphatic rings. The zero-order chi connectivity index (χ0) is 25.4. The molecule has 7 nitrogen and oxygen atoms in total. The van der Waals surface area contributed by atoms with E-state index in [0.717, 1.165) is 0 Å². The molecule has 0 amide bonds. The van der Waals surface area contributed by atoms with Crippen LogP contribution in [0.15, 0.2) is 66.7 Å². The molecule has 0 bridgehead atoms. The second-order valence-electron chi connectivity index (χ2n) is 7.52. The monoisotopic (exact) mass is 559 g/mol. The first-order valence-electron chi connectivity index (χ1n) is 10.6. The van der Waals surface area contributed by atoms with Crippen molar-refractivity contribution < 1.29 is 9.47 Å². The van der Waals surface area contributed by atoms with Gasteiger partial charge in [-0.15, -0.1) is 0 Å². The lowest BCUT2D eigenvalue weighted by Crippen LogP contribution is -2.02. The molecule has 3 heterocycles. The Hall–Kier alpha value is -3.23. The SMILES string of the molecule is COc1cc(-c2cccc(-c3cc(OC)n(-c4c(Cl)cccc4Cl)n3)n2)nn1-c1c(Cl)cccc1Cl. The second-order valence-corrected chi connectivity index (χ2v) is 9.14. The Kier molecular flexibility index (Phi) is 6.81. The van der Waals surface area contributed by atoms with E-state index in [4.69, 9.17) is 60.9 Å². The summed E-state index contributed by atoms with van der Waals surface area (Å²) in [6.07, 6.45) is 0. The summed E-state index contributed by atoms with van der Waals surface area (Å²) in [7, 11) is 3.09. The molecule has 182 valence electrons. The number of hydrogen-bond acceptors (Lipinski definition) is 5. The van der Waals surface area contributed by atoms with Crippen LogP contribution in [0.3, 0.4) is 0 Å². The number of nitrogens with zero attached hydrogens (tertiary/aromatic N) is 5. The average molecular weight is 561 g/mol. The van der Waals surface area contributed by atoms with Gasteiger partial charge in [0.2, 0.25) is 11.8 Å². The van der Waals surface area contributed by atoms with Crippen LogP contribution >= 0.6 is 46.4 Å². The number of aromatic nitrogens is 5. The van der Waals surface area contributed by atoms with Crippen molar-refractivity contribution in [3.8, 4) is 45.9 Å². The molecular weight excluding hydrogens is 544 g/mol. The minimum Gasteiger partial charge on any atom is -0.481 e. The Bertz CT molecular complexity index is 1430. The quantitative estimate of drug-likeness (QED) is 0.216. The van der Waals surface area contributed by atoms with Crippen molar-refractivity contribution in [2.75, 3.05) is 14.2 Å². The summed E-state index contributed by atoms with van der Waals surface area (Å²) in [6, 6.07) is 19.5. The third-order valence-corrected chi connectivity index (χ3v) is 6.56. The van der Waals surface area contributed by atoms with Crippen LogP contribution in [-0.2, 0) is 0 Å². The molecular formula is C25H17Cl4N5O2. The predicted octanol–water partition coefficient (Wildman–Crippen LogP) is 7.42. The highest BCUT2D eigenvalue weighted by Crippen LogP contribution is 2.35. The van der Waals surface area contributed by atoms with Crippen molar-refractivity contribution in [3.05, 3.63) is 86.8 Å². The van der Waals surface area contributed by atoms with Gasteiger partial charge in [0.25, 0.3) is 0 Å². The van der Waals surface area contributed by atoms with Gasteiger partial charge >= 0.3 is 0 Å². The van der Waals surface area contributed by atoms with Crippen molar-refractivity contribution >= 4 is 46.4 Å². The van der Waals surface area contributed by atoms with Crippen LogP contribution in [0, 0.1) is 0 Å². The molecule has 0 radical (unpaired) electrons. The van der Waals surface area contributed by atoms with Gasteiger partial charge in [-0.25, -0.2) is 4.98 Å². The number of para-hydroxylation sites is 2. The molecule has 0 N–H and O–H groups in total. The summed E-state index contributed by atoms with van der Waals surface area (Å²) in [6.45, 7) is 0. The zero-order valence-electron chi connectivity index (χ0n) is 18.9. The van der Waals surface area contributed by atoms with E-state index >= 15 is 0 Å². The Morgan fingerprint density at radius 1 is 0.556 bits per heavy atom. The Balaban J connectivity index is 1.58. The van der Waals surface area contributed by atoms with Crippen molar-refractivity contribution in [1.82, 2.24) is 24.5 Å². The molecule has 36 heavy (non-hydrogen) atoms. The van der Waals surface area contributed by atoms with E-state index in [9.17, 15) is 0 Å². The van der Waals surface area contributed by atoms with Gasteiger partial charge in [0.1, 0.15) is 22.8 Å².